The van der Waals surface area contributed by atoms with E-state index in [-0.39, 0.29) is 40.8 Å². The number of hydrogen-bond donors (Lipinski definition) is 1. The van der Waals surface area contributed by atoms with Gasteiger partial charge in [-0.15, -0.1) is 0 Å². The van der Waals surface area contributed by atoms with Crippen molar-refractivity contribution in [2.24, 2.45) is 5.73 Å². The summed E-state index contributed by atoms with van der Waals surface area (Å²) in [4.78, 5) is 14.9. The van der Waals surface area contributed by atoms with Crippen molar-refractivity contribution in [3.05, 3.63) is 52.5 Å². The Labute approximate surface area is 218 Å². The Morgan fingerprint density at radius 3 is 2.51 bits per heavy atom. The highest BCUT2D eigenvalue weighted by Crippen LogP contribution is 2.40. The lowest BCUT2D eigenvalue weighted by atomic mass is 10.1. The van der Waals surface area contributed by atoms with Gasteiger partial charge in [0.1, 0.15) is 10.9 Å². The molecule has 0 aliphatic carbocycles. The number of piperazine rings is 1. The summed E-state index contributed by atoms with van der Waals surface area (Å²) in [6.07, 6.45) is -3.44. The summed E-state index contributed by atoms with van der Waals surface area (Å²) in [5.41, 5.74) is 4.73. The van der Waals surface area contributed by atoms with Crippen molar-refractivity contribution in [2.75, 3.05) is 36.0 Å². The molecule has 0 radical (unpaired) electrons. The molecule has 2 atom stereocenters. The molecule has 2 saturated heterocycles. The van der Waals surface area contributed by atoms with Gasteiger partial charge in [-0.1, -0.05) is 17.7 Å². The first kappa shape index (κ1) is 27.0. The average Bonchev–Trinajstić information content (AvgIpc) is 3.33. The Kier molecular flexibility index (Phi) is 7.34. The summed E-state index contributed by atoms with van der Waals surface area (Å²) in [5, 5.41) is 8.98. The molecular formula is C24H25ClF3N5O3S. The second kappa shape index (κ2) is 10.0. The van der Waals surface area contributed by atoms with Crippen LogP contribution in [0.3, 0.4) is 0 Å². The van der Waals surface area contributed by atoms with Crippen LogP contribution in [0.1, 0.15) is 30.9 Å². The lowest BCUT2D eigenvalue weighted by Crippen LogP contribution is -2.54. The summed E-state index contributed by atoms with van der Waals surface area (Å²) in [6, 6.07) is 8.33. The smallest absolute Gasteiger partial charge is 0.368 e. The number of benzene rings is 2. The van der Waals surface area contributed by atoms with Gasteiger partial charge in [-0.2, -0.15) is 22.7 Å². The number of nitrogens with zero attached hydrogens (tertiary/aromatic N) is 4. The Morgan fingerprint density at radius 1 is 1.16 bits per heavy atom. The number of anilines is 2. The Bertz CT molecular complexity index is 1360. The number of halogens is 4. The van der Waals surface area contributed by atoms with E-state index < -0.39 is 39.8 Å². The largest absolute Gasteiger partial charge is 0.418 e. The van der Waals surface area contributed by atoms with Crippen LogP contribution < -0.4 is 15.5 Å². The van der Waals surface area contributed by atoms with Gasteiger partial charge >= 0.3 is 6.18 Å². The first-order chi connectivity index (χ1) is 17.4. The molecule has 2 aliphatic heterocycles. The van der Waals surface area contributed by atoms with Gasteiger partial charge in [-0.25, -0.2) is 8.42 Å². The van der Waals surface area contributed by atoms with Crippen molar-refractivity contribution in [1.82, 2.24) is 4.31 Å². The quantitative estimate of drug-likeness (QED) is 0.604. The molecule has 0 aromatic heterocycles. The van der Waals surface area contributed by atoms with Gasteiger partial charge in [-0.3, -0.25) is 4.79 Å². The van der Waals surface area contributed by atoms with Gasteiger partial charge in [-0.05, 0) is 50.1 Å². The molecular weight excluding hydrogens is 531 g/mol. The van der Waals surface area contributed by atoms with Gasteiger partial charge in [0, 0.05) is 37.9 Å². The third-order valence-electron chi connectivity index (χ3n) is 6.76. The zero-order chi connectivity index (χ0) is 27.1. The van der Waals surface area contributed by atoms with Gasteiger partial charge in [0.15, 0.2) is 0 Å². The summed E-state index contributed by atoms with van der Waals surface area (Å²) < 4.78 is 69.6. The van der Waals surface area contributed by atoms with Crippen LogP contribution in [0.15, 0.2) is 41.3 Å². The monoisotopic (exact) mass is 555 g/mol. The number of rotatable bonds is 5. The van der Waals surface area contributed by atoms with Crippen LogP contribution in [0.4, 0.5) is 24.5 Å². The number of alkyl halides is 3. The van der Waals surface area contributed by atoms with Gasteiger partial charge in [0.2, 0.25) is 15.9 Å². The van der Waals surface area contributed by atoms with Crippen molar-refractivity contribution >= 4 is 38.9 Å². The molecule has 198 valence electrons. The molecule has 1 unspecified atom stereocenters. The maximum Gasteiger partial charge on any atom is 0.418 e. The highest BCUT2D eigenvalue weighted by molar-refractivity contribution is 7.89. The number of sulfonamides is 1. The molecule has 2 aliphatic rings. The Hall–Kier alpha value is -3.01. The number of amides is 1. The summed E-state index contributed by atoms with van der Waals surface area (Å²) in [6.45, 7) is 2.04. The minimum atomic E-state index is -4.68. The van der Waals surface area contributed by atoms with E-state index in [9.17, 15) is 26.4 Å². The van der Waals surface area contributed by atoms with E-state index in [2.05, 4.69) is 0 Å². The molecule has 2 N–H and O–H groups in total. The molecule has 1 amide bonds. The first-order valence-electron chi connectivity index (χ1n) is 11.6. The van der Waals surface area contributed by atoms with E-state index in [1.807, 2.05) is 0 Å². The van der Waals surface area contributed by atoms with Crippen LogP contribution in [0.25, 0.3) is 0 Å². The maximum absolute atomic E-state index is 13.7. The van der Waals surface area contributed by atoms with E-state index in [0.29, 0.717) is 25.1 Å². The molecule has 13 heteroatoms. The van der Waals surface area contributed by atoms with Crippen LogP contribution in [0.5, 0.6) is 0 Å². The number of hydrogen-bond acceptors (Lipinski definition) is 6. The summed E-state index contributed by atoms with van der Waals surface area (Å²) in [7, 11) is -4.12. The molecule has 2 aromatic rings. The van der Waals surface area contributed by atoms with Crippen molar-refractivity contribution in [2.45, 2.75) is 42.9 Å². The Balaban J connectivity index is 1.62. The molecule has 8 nitrogen and oxygen atoms in total. The minimum absolute atomic E-state index is 0.00138. The predicted octanol–water partition coefficient (Wildman–Crippen LogP) is 3.58. The fourth-order valence-corrected chi connectivity index (χ4v) is 7.25. The van der Waals surface area contributed by atoms with Crippen LogP contribution in [0, 0.1) is 11.3 Å². The lowest BCUT2D eigenvalue weighted by molar-refractivity contribution is -0.137. The molecule has 0 bridgehead atoms. The van der Waals surface area contributed by atoms with Gasteiger partial charge in [0.05, 0.1) is 27.9 Å². The van der Waals surface area contributed by atoms with Crippen LogP contribution in [-0.2, 0) is 21.0 Å². The van der Waals surface area contributed by atoms with E-state index in [4.69, 9.17) is 22.6 Å². The number of nitriles is 1. The average molecular weight is 556 g/mol. The molecule has 4 rings (SSSR count). The number of nitrogens with two attached hydrogens (primary N) is 1. The third-order valence-corrected chi connectivity index (χ3v) is 9.32. The summed E-state index contributed by atoms with van der Waals surface area (Å²) >= 11 is 6.57. The van der Waals surface area contributed by atoms with Crippen molar-refractivity contribution in [1.29, 1.82) is 5.26 Å². The van der Waals surface area contributed by atoms with Crippen molar-refractivity contribution in [3.8, 4) is 6.07 Å². The zero-order valence-corrected chi connectivity index (χ0v) is 21.4. The van der Waals surface area contributed by atoms with E-state index in [1.54, 1.807) is 24.0 Å². The third kappa shape index (κ3) is 5.08. The van der Waals surface area contributed by atoms with E-state index in [0.717, 1.165) is 6.07 Å². The predicted molar refractivity (Wildman–Crippen MR) is 133 cm³/mol. The number of carbonyl (C=O) groups is 1. The van der Waals surface area contributed by atoms with Crippen LogP contribution in [0.2, 0.25) is 5.02 Å². The SMILES string of the molecule is C[C@@H]1CN(c2ccc(C#N)cc2C(F)(F)F)CCN1S(=O)(=O)c1cccc(N2CCCC2C(N)=O)c1Cl. The second-order valence-electron chi connectivity index (χ2n) is 9.10. The van der Waals surface area contributed by atoms with Crippen molar-refractivity contribution < 1.29 is 26.4 Å². The topological polar surface area (TPSA) is 111 Å². The second-order valence-corrected chi connectivity index (χ2v) is 11.3. The summed E-state index contributed by atoms with van der Waals surface area (Å²) in [5.74, 6) is -0.521. The molecule has 0 saturated carbocycles. The van der Waals surface area contributed by atoms with Crippen LogP contribution >= 0.6 is 11.6 Å². The van der Waals surface area contributed by atoms with Gasteiger partial charge < -0.3 is 15.5 Å². The molecule has 0 spiro atoms. The van der Waals surface area contributed by atoms with Crippen molar-refractivity contribution in [3.63, 3.8) is 0 Å². The standard InChI is InChI=1S/C24H25ClF3N5O3S/c1-15-14-31(18-8-7-16(13-29)12-17(18)24(26,27)28)10-11-33(15)37(35,36)21-6-2-4-19(22(21)25)32-9-3-5-20(32)23(30)34/h2,4,6-8,12,15,20H,3,5,9-11,14H2,1H3,(H2,30,34)/t15-,20?/m1/s1. The van der Waals surface area contributed by atoms with Gasteiger partial charge in [0.25, 0.3) is 0 Å². The number of carbonyl (C=O) groups excluding carboxylic acids is 1. The zero-order valence-electron chi connectivity index (χ0n) is 19.9. The van der Waals surface area contributed by atoms with E-state index >= 15 is 0 Å². The highest BCUT2D eigenvalue weighted by atomic mass is 35.5. The maximum atomic E-state index is 13.7. The fraction of sp³-hybridized carbons (Fsp3) is 0.417. The Morgan fingerprint density at radius 2 is 1.89 bits per heavy atom. The first-order valence-corrected chi connectivity index (χ1v) is 13.4. The number of primary amides is 1. The molecule has 2 heterocycles. The highest BCUT2D eigenvalue weighted by Gasteiger charge is 2.40. The molecule has 37 heavy (non-hydrogen) atoms. The molecule has 2 fully saturated rings. The minimum Gasteiger partial charge on any atom is -0.368 e. The lowest BCUT2D eigenvalue weighted by Gasteiger charge is -2.41. The van der Waals surface area contributed by atoms with Crippen LogP contribution in [-0.4, -0.2) is 56.9 Å². The van der Waals surface area contributed by atoms with E-state index in [1.165, 1.54) is 33.5 Å². The fourth-order valence-electron chi connectivity index (χ4n) is 5.02. The normalized spacial score (nSPS) is 21.2. The molecule has 2 aromatic carbocycles.